The van der Waals surface area contributed by atoms with Crippen LogP contribution in [0.5, 0.6) is 0 Å². The SMILES string of the molecule is CCC(NC(=O)CSc1nnc(NCc2ccc(F)cc2)s1)c1ccc(Cl)cc1. The summed E-state index contributed by atoms with van der Waals surface area (Å²) in [6.45, 7) is 2.55. The summed E-state index contributed by atoms with van der Waals surface area (Å²) in [5.41, 5.74) is 1.97. The number of nitrogens with one attached hydrogen (secondary N) is 2. The third-order valence-corrected chi connectivity index (χ3v) is 6.37. The Bertz CT molecular complexity index is 934. The van der Waals surface area contributed by atoms with E-state index in [-0.39, 0.29) is 23.5 Å². The third kappa shape index (κ3) is 6.69. The molecule has 0 aliphatic heterocycles. The molecule has 9 heteroatoms. The molecule has 0 bridgehead atoms. The minimum absolute atomic E-state index is 0.0530. The highest BCUT2D eigenvalue weighted by Gasteiger charge is 2.14. The Morgan fingerprint density at radius 2 is 1.90 bits per heavy atom. The first-order valence-corrected chi connectivity index (χ1v) is 11.2. The average Bonchev–Trinajstić information content (AvgIpc) is 3.19. The van der Waals surface area contributed by atoms with Crippen molar-refractivity contribution in [1.29, 1.82) is 0 Å². The zero-order chi connectivity index (χ0) is 20.6. The highest BCUT2D eigenvalue weighted by Crippen LogP contribution is 2.26. The van der Waals surface area contributed by atoms with Gasteiger partial charge in [-0.25, -0.2) is 4.39 Å². The molecule has 1 atom stereocenters. The molecule has 1 unspecified atom stereocenters. The molecule has 0 fully saturated rings. The molecule has 152 valence electrons. The zero-order valence-electron chi connectivity index (χ0n) is 15.7. The lowest BCUT2D eigenvalue weighted by Crippen LogP contribution is -2.29. The summed E-state index contributed by atoms with van der Waals surface area (Å²) in [6, 6.07) is 13.7. The first-order chi connectivity index (χ1) is 14.0. The normalized spacial score (nSPS) is 11.8. The molecule has 0 aliphatic rings. The van der Waals surface area contributed by atoms with Crippen LogP contribution in [0.3, 0.4) is 0 Å². The number of carbonyl (C=O) groups is 1. The van der Waals surface area contributed by atoms with Crippen molar-refractivity contribution in [1.82, 2.24) is 15.5 Å². The van der Waals surface area contributed by atoms with Gasteiger partial charge in [-0.05, 0) is 41.8 Å². The Labute approximate surface area is 182 Å². The van der Waals surface area contributed by atoms with Gasteiger partial charge in [-0.2, -0.15) is 0 Å². The van der Waals surface area contributed by atoms with Gasteiger partial charge in [0.2, 0.25) is 11.0 Å². The maximum atomic E-state index is 12.9. The fraction of sp³-hybridized carbons (Fsp3) is 0.250. The molecule has 0 radical (unpaired) electrons. The van der Waals surface area contributed by atoms with Crippen LogP contribution in [0.1, 0.15) is 30.5 Å². The van der Waals surface area contributed by atoms with Crippen LogP contribution in [-0.2, 0) is 11.3 Å². The Kier molecular flexibility index (Phi) is 7.85. The van der Waals surface area contributed by atoms with Crippen LogP contribution in [0.25, 0.3) is 0 Å². The summed E-state index contributed by atoms with van der Waals surface area (Å²) >= 11 is 8.65. The van der Waals surface area contributed by atoms with Crippen molar-refractivity contribution in [2.45, 2.75) is 30.3 Å². The summed E-state index contributed by atoms with van der Waals surface area (Å²) in [7, 11) is 0. The van der Waals surface area contributed by atoms with Gasteiger partial charge >= 0.3 is 0 Å². The van der Waals surface area contributed by atoms with E-state index in [0.29, 0.717) is 21.0 Å². The second-order valence-electron chi connectivity index (χ2n) is 6.22. The van der Waals surface area contributed by atoms with Gasteiger partial charge in [-0.3, -0.25) is 4.79 Å². The monoisotopic (exact) mass is 450 g/mol. The van der Waals surface area contributed by atoms with Gasteiger partial charge in [0.25, 0.3) is 0 Å². The molecule has 3 aromatic rings. The minimum atomic E-state index is -0.261. The third-order valence-electron chi connectivity index (χ3n) is 4.11. The van der Waals surface area contributed by atoms with Gasteiger partial charge in [-0.1, -0.05) is 65.9 Å². The standard InChI is InChI=1S/C20H20ClFN4OS2/c1-2-17(14-5-7-15(21)8-6-14)24-18(27)12-28-20-26-25-19(29-20)23-11-13-3-9-16(22)10-4-13/h3-10,17H,2,11-12H2,1H3,(H,23,25)(H,24,27). The predicted molar refractivity (Wildman–Crippen MR) is 117 cm³/mol. The van der Waals surface area contributed by atoms with E-state index in [9.17, 15) is 9.18 Å². The van der Waals surface area contributed by atoms with E-state index >= 15 is 0 Å². The Balaban J connectivity index is 1.46. The topological polar surface area (TPSA) is 66.9 Å². The smallest absolute Gasteiger partial charge is 0.230 e. The zero-order valence-corrected chi connectivity index (χ0v) is 18.1. The van der Waals surface area contributed by atoms with E-state index in [2.05, 4.69) is 20.8 Å². The van der Waals surface area contributed by atoms with Crippen LogP contribution < -0.4 is 10.6 Å². The molecule has 2 N–H and O–H groups in total. The van der Waals surface area contributed by atoms with Crippen molar-refractivity contribution in [2.24, 2.45) is 0 Å². The summed E-state index contributed by atoms with van der Waals surface area (Å²) in [5.74, 6) is -0.0627. The van der Waals surface area contributed by atoms with E-state index in [0.717, 1.165) is 17.5 Å². The Morgan fingerprint density at radius 1 is 1.17 bits per heavy atom. The van der Waals surface area contributed by atoms with E-state index in [1.165, 1.54) is 35.2 Å². The molecule has 1 amide bonds. The number of hydrogen-bond acceptors (Lipinski definition) is 6. The molecular weight excluding hydrogens is 431 g/mol. The van der Waals surface area contributed by atoms with Gasteiger partial charge in [0.1, 0.15) is 5.82 Å². The van der Waals surface area contributed by atoms with Crippen LogP contribution in [0.15, 0.2) is 52.9 Å². The van der Waals surface area contributed by atoms with Crippen molar-refractivity contribution in [3.05, 3.63) is 70.5 Å². The molecule has 1 heterocycles. The number of halogens is 2. The van der Waals surface area contributed by atoms with Gasteiger partial charge in [0, 0.05) is 11.6 Å². The first kappa shape index (κ1) is 21.5. The van der Waals surface area contributed by atoms with E-state index in [1.54, 1.807) is 12.1 Å². The van der Waals surface area contributed by atoms with Crippen molar-refractivity contribution in [3.8, 4) is 0 Å². The molecule has 3 rings (SSSR count). The Hall–Kier alpha value is -2.16. The van der Waals surface area contributed by atoms with Crippen LogP contribution in [-0.4, -0.2) is 21.9 Å². The molecule has 5 nitrogen and oxygen atoms in total. The molecule has 1 aromatic heterocycles. The molecule has 29 heavy (non-hydrogen) atoms. The van der Waals surface area contributed by atoms with E-state index in [4.69, 9.17) is 11.6 Å². The number of carbonyl (C=O) groups excluding carboxylic acids is 1. The fourth-order valence-electron chi connectivity index (χ4n) is 2.60. The lowest BCUT2D eigenvalue weighted by molar-refractivity contribution is -0.119. The Morgan fingerprint density at radius 3 is 2.59 bits per heavy atom. The van der Waals surface area contributed by atoms with Crippen LogP contribution in [0.4, 0.5) is 9.52 Å². The second kappa shape index (κ2) is 10.6. The van der Waals surface area contributed by atoms with Crippen molar-refractivity contribution in [3.63, 3.8) is 0 Å². The lowest BCUT2D eigenvalue weighted by Gasteiger charge is -2.17. The van der Waals surface area contributed by atoms with Crippen molar-refractivity contribution in [2.75, 3.05) is 11.1 Å². The van der Waals surface area contributed by atoms with Crippen molar-refractivity contribution >= 4 is 45.7 Å². The highest BCUT2D eigenvalue weighted by atomic mass is 35.5. The fourth-order valence-corrected chi connectivity index (χ4v) is 4.28. The molecular formula is C20H20ClFN4OS2. The van der Waals surface area contributed by atoms with Crippen LogP contribution in [0, 0.1) is 5.82 Å². The predicted octanol–water partition coefficient (Wildman–Crippen LogP) is 5.30. The molecule has 0 aliphatic carbocycles. The largest absolute Gasteiger partial charge is 0.356 e. The van der Waals surface area contributed by atoms with E-state index < -0.39 is 0 Å². The number of nitrogens with zero attached hydrogens (tertiary/aromatic N) is 2. The number of hydrogen-bond donors (Lipinski definition) is 2. The number of benzene rings is 2. The lowest BCUT2D eigenvalue weighted by atomic mass is 10.0. The molecule has 0 saturated carbocycles. The van der Waals surface area contributed by atoms with Crippen molar-refractivity contribution < 1.29 is 9.18 Å². The number of thioether (sulfide) groups is 1. The van der Waals surface area contributed by atoms with Gasteiger partial charge in [-0.15, -0.1) is 10.2 Å². The quantitative estimate of drug-likeness (QED) is 0.433. The number of aromatic nitrogens is 2. The summed E-state index contributed by atoms with van der Waals surface area (Å²) in [4.78, 5) is 12.3. The van der Waals surface area contributed by atoms with Gasteiger partial charge < -0.3 is 10.6 Å². The number of amides is 1. The van der Waals surface area contributed by atoms with Gasteiger partial charge in [0.15, 0.2) is 4.34 Å². The summed E-state index contributed by atoms with van der Waals surface area (Å²) in [5, 5.41) is 15.7. The first-order valence-electron chi connectivity index (χ1n) is 9.03. The molecule has 0 saturated heterocycles. The number of anilines is 1. The highest BCUT2D eigenvalue weighted by molar-refractivity contribution is 8.01. The molecule has 0 spiro atoms. The molecule has 2 aromatic carbocycles. The maximum Gasteiger partial charge on any atom is 0.230 e. The van der Waals surface area contributed by atoms with Crippen LogP contribution >= 0.6 is 34.7 Å². The minimum Gasteiger partial charge on any atom is -0.356 e. The van der Waals surface area contributed by atoms with Crippen LogP contribution in [0.2, 0.25) is 5.02 Å². The summed E-state index contributed by atoms with van der Waals surface area (Å²) < 4.78 is 13.6. The second-order valence-corrected chi connectivity index (χ2v) is 8.86. The summed E-state index contributed by atoms with van der Waals surface area (Å²) in [6.07, 6.45) is 0.786. The maximum absolute atomic E-state index is 12.9. The average molecular weight is 451 g/mol. The van der Waals surface area contributed by atoms with Gasteiger partial charge in [0.05, 0.1) is 11.8 Å². The number of rotatable bonds is 9. The van der Waals surface area contributed by atoms with E-state index in [1.807, 2.05) is 31.2 Å².